The highest BCUT2D eigenvalue weighted by Gasteiger charge is 2.53. The zero-order valence-electron chi connectivity index (χ0n) is 18.8. The van der Waals surface area contributed by atoms with E-state index in [2.05, 4.69) is 9.88 Å². The Morgan fingerprint density at radius 2 is 1.68 bits per heavy atom. The zero-order chi connectivity index (χ0) is 27.9. The summed E-state index contributed by atoms with van der Waals surface area (Å²) in [7, 11) is 0. The van der Waals surface area contributed by atoms with Crippen LogP contribution in [0.2, 0.25) is 0 Å². The Morgan fingerprint density at radius 3 is 2.16 bits per heavy atom. The summed E-state index contributed by atoms with van der Waals surface area (Å²) in [5.41, 5.74) is -0.169. The first kappa shape index (κ1) is 29.8. The fourth-order valence-corrected chi connectivity index (χ4v) is 3.47. The Labute approximate surface area is 204 Å². The lowest BCUT2D eigenvalue weighted by Gasteiger charge is -2.49. The molecule has 1 atom stereocenters. The summed E-state index contributed by atoms with van der Waals surface area (Å²) in [5.74, 6) is -4.65. The molecule has 0 amide bonds. The fourth-order valence-electron chi connectivity index (χ4n) is 3.47. The second kappa shape index (κ2) is 12.2. The normalized spacial score (nSPS) is 18.6. The van der Waals surface area contributed by atoms with Crippen LogP contribution in [0.25, 0.3) is 0 Å². The van der Waals surface area contributed by atoms with Gasteiger partial charge in [-0.25, -0.2) is 19.0 Å². The number of pyridine rings is 1. The van der Waals surface area contributed by atoms with Gasteiger partial charge in [-0.2, -0.15) is 26.3 Å². The van der Waals surface area contributed by atoms with Gasteiger partial charge in [0.05, 0.1) is 25.0 Å². The van der Waals surface area contributed by atoms with Gasteiger partial charge in [-0.3, -0.25) is 4.90 Å². The molecular weight excluding hydrogens is 525 g/mol. The summed E-state index contributed by atoms with van der Waals surface area (Å²) in [4.78, 5) is 24.0. The molecule has 1 unspecified atom stereocenters. The molecule has 1 spiro atoms. The van der Waals surface area contributed by atoms with Crippen molar-refractivity contribution in [2.45, 2.75) is 30.9 Å². The fraction of sp³-hybridized carbons (Fsp3) is 0.476. The molecule has 2 aliphatic heterocycles. The maximum Gasteiger partial charge on any atom is 0.490 e. The molecule has 9 nitrogen and oxygen atoms in total. The molecule has 2 N–H and O–H groups in total. The lowest BCUT2D eigenvalue weighted by molar-refractivity contribution is -0.193. The minimum atomic E-state index is -5.08. The number of hydrogen-bond donors (Lipinski definition) is 2. The van der Waals surface area contributed by atoms with Gasteiger partial charge >= 0.3 is 24.3 Å². The van der Waals surface area contributed by atoms with Crippen molar-refractivity contribution in [1.82, 2.24) is 9.88 Å². The lowest BCUT2D eigenvalue weighted by atomic mass is 9.81. The van der Waals surface area contributed by atoms with E-state index in [4.69, 9.17) is 33.7 Å². The van der Waals surface area contributed by atoms with Crippen molar-refractivity contribution in [2.75, 3.05) is 26.3 Å². The van der Waals surface area contributed by atoms with E-state index in [1.807, 2.05) is 12.1 Å². The summed E-state index contributed by atoms with van der Waals surface area (Å²) in [6, 6.07) is 6.79. The molecule has 2 fully saturated rings. The van der Waals surface area contributed by atoms with E-state index >= 15 is 0 Å². The largest absolute Gasteiger partial charge is 0.490 e. The molecule has 2 aromatic rings. The van der Waals surface area contributed by atoms with Crippen LogP contribution in [0.1, 0.15) is 12.2 Å². The number of carbonyl (C=O) groups is 2. The number of carboxylic acids is 2. The molecule has 206 valence electrons. The minimum absolute atomic E-state index is 0.0707. The molecule has 4 rings (SSSR count). The van der Waals surface area contributed by atoms with Crippen molar-refractivity contribution in [1.29, 1.82) is 0 Å². The number of aromatic nitrogens is 1. The molecule has 0 aromatic carbocycles. The van der Waals surface area contributed by atoms with Crippen molar-refractivity contribution in [3.05, 3.63) is 48.3 Å². The number of ether oxygens (including phenoxy) is 2. The third kappa shape index (κ3) is 8.89. The number of furan rings is 1. The van der Waals surface area contributed by atoms with Crippen molar-refractivity contribution < 1.29 is 64.4 Å². The molecule has 0 bridgehead atoms. The summed E-state index contributed by atoms with van der Waals surface area (Å²) in [6.07, 6.45) is -6.01. The topological polar surface area (TPSA) is 122 Å². The first-order valence-electron chi connectivity index (χ1n) is 10.4. The number of likely N-dealkylation sites (tertiary alicyclic amines) is 1. The predicted molar refractivity (Wildman–Crippen MR) is 108 cm³/mol. The molecule has 0 saturated carbocycles. The number of carboxylic acid groups (broad SMARTS) is 2. The molecule has 0 radical (unpaired) electrons. The van der Waals surface area contributed by atoms with Gasteiger partial charge in [0, 0.05) is 31.8 Å². The molecule has 16 heteroatoms. The van der Waals surface area contributed by atoms with Gasteiger partial charge in [0.25, 0.3) is 0 Å². The molecule has 2 saturated heterocycles. The van der Waals surface area contributed by atoms with Crippen LogP contribution in [0.3, 0.4) is 0 Å². The molecule has 0 aliphatic carbocycles. The van der Waals surface area contributed by atoms with E-state index in [-0.39, 0.29) is 17.4 Å². The Bertz CT molecular complexity index is 999. The van der Waals surface area contributed by atoms with Gasteiger partial charge < -0.3 is 24.1 Å². The number of hydrogen-bond acceptors (Lipinski definition) is 7. The van der Waals surface area contributed by atoms with E-state index < -0.39 is 30.1 Å². The average molecular weight is 546 g/mol. The van der Waals surface area contributed by atoms with Crippen LogP contribution < -0.4 is 4.74 Å². The van der Waals surface area contributed by atoms with Crippen LogP contribution in [0.4, 0.5) is 30.7 Å². The Balaban J connectivity index is 0.000000286. The van der Waals surface area contributed by atoms with Gasteiger partial charge in [0.15, 0.2) is 5.82 Å². The van der Waals surface area contributed by atoms with Crippen molar-refractivity contribution in [3.63, 3.8) is 0 Å². The van der Waals surface area contributed by atoms with Crippen LogP contribution in [-0.2, 0) is 20.9 Å². The smallest absolute Gasteiger partial charge is 0.475 e. The van der Waals surface area contributed by atoms with Crippen LogP contribution in [0, 0.1) is 11.7 Å². The Hall–Kier alpha value is -3.40. The third-order valence-electron chi connectivity index (χ3n) is 5.17. The minimum Gasteiger partial charge on any atom is -0.475 e. The molecular formula is C21H21F7N2O7. The van der Waals surface area contributed by atoms with Gasteiger partial charge in [-0.1, -0.05) is 0 Å². The number of rotatable bonds is 5. The maximum atomic E-state index is 13.6. The van der Waals surface area contributed by atoms with Crippen LogP contribution in [0.5, 0.6) is 5.88 Å². The van der Waals surface area contributed by atoms with Crippen LogP contribution in [0.15, 0.2) is 41.1 Å². The van der Waals surface area contributed by atoms with Crippen molar-refractivity contribution in [3.8, 4) is 5.88 Å². The quantitative estimate of drug-likeness (QED) is 0.540. The molecule has 2 aliphatic rings. The number of aliphatic carboxylic acids is 2. The average Bonchev–Trinajstić information content (AvgIpc) is 3.43. The van der Waals surface area contributed by atoms with E-state index in [0.29, 0.717) is 6.61 Å². The molecule has 37 heavy (non-hydrogen) atoms. The maximum absolute atomic E-state index is 13.6. The number of halogens is 7. The lowest BCUT2D eigenvalue weighted by Crippen LogP contribution is -2.64. The Morgan fingerprint density at radius 1 is 1.08 bits per heavy atom. The van der Waals surface area contributed by atoms with Gasteiger partial charge in [0.1, 0.15) is 5.76 Å². The van der Waals surface area contributed by atoms with Crippen LogP contribution in [-0.4, -0.2) is 76.3 Å². The predicted octanol–water partition coefficient (Wildman–Crippen LogP) is 3.75. The monoisotopic (exact) mass is 546 g/mol. The zero-order valence-corrected chi connectivity index (χ0v) is 18.8. The van der Waals surface area contributed by atoms with Gasteiger partial charge in [0.2, 0.25) is 5.88 Å². The number of nitrogens with zero attached hydrogens (tertiary/aromatic N) is 2. The first-order valence-corrected chi connectivity index (χ1v) is 10.4. The van der Waals surface area contributed by atoms with E-state index in [1.54, 1.807) is 12.3 Å². The van der Waals surface area contributed by atoms with Crippen LogP contribution >= 0.6 is 0 Å². The van der Waals surface area contributed by atoms with E-state index in [1.165, 1.54) is 12.3 Å². The summed E-state index contributed by atoms with van der Waals surface area (Å²) in [5, 5.41) is 14.2. The highest BCUT2D eigenvalue weighted by Crippen LogP contribution is 2.40. The van der Waals surface area contributed by atoms with Gasteiger partial charge in [-0.05, 0) is 30.7 Å². The summed E-state index contributed by atoms with van der Waals surface area (Å²) >= 11 is 0. The first-order chi connectivity index (χ1) is 17.1. The van der Waals surface area contributed by atoms with Crippen molar-refractivity contribution in [2.24, 2.45) is 5.92 Å². The Kier molecular flexibility index (Phi) is 9.86. The second-order valence-electron chi connectivity index (χ2n) is 7.83. The third-order valence-corrected chi connectivity index (χ3v) is 5.17. The molecule has 4 heterocycles. The molecule has 2 aromatic heterocycles. The van der Waals surface area contributed by atoms with Crippen molar-refractivity contribution >= 4 is 11.9 Å². The van der Waals surface area contributed by atoms with E-state index in [9.17, 15) is 30.7 Å². The van der Waals surface area contributed by atoms with E-state index in [0.717, 1.165) is 38.4 Å². The summed E-state index contributed by atoms with van der Waals surface area (Å²) < 4.78 is 94.0. The van der Waals surface area contributed by atoms with Gasteiger partial charge in [-0.15, -0.1) is 0 Å². The number of alkyl halides is 6. The second-order valence-corrected chi connectivity index (χ2v) is 7.83. The highest BCUT2D eigenvalue weighted by atomic mass is 19.4. The highest BCUT2D eigenvalue weighted by molar-refractivity contribution is 5.73. The standard InChI is InChI=1S/C17H19FN2O3.2C2HF3O2/c18-15-4-1-6-19-16(15)22-10-13-5-8-23-17(13)11-20(12-17)9-14-3-2-7-21-14;2*3-2(4,5)1(6)7/h1-4,6-7,13H,5,8-12H2;2*(H,6,7). The SMILES string of the molecule is Fc1cccnc1OCC1CCOC12CN(Cc1ccco1)C2.O=C(O)C(F)(F)F.O=C(O)C(F)(F)F. The summed E-state index contributed by atoms with van der Waals surface area (Å²) in [6.45, 7) is 3.66.